The zero-order chi connectivity index (χ0) is 14.3. The lowest BCUT2D eigenvalue weighted by Gasteiger charge is -2.01. The van der Waals surface area contributed by atoms with Crippen LogP contribution in [0, 0.1) is 0 Å². The van der Waals surface area contributed by atoms with Crippen LogP contribution in [0.15, 0.2) is 39.4 Å². The minimum atomic E-state index is -0.259. The van der Waals surface area contributed by atoms with Gasteiger partial charge in [-0.2, -0.15) is 5.10 Å². The van der Waals surface area contributed by atoms with Crippen LogP contribution in [0.4, 0.5) is 0 Å². The summed E-state index contributed by atoms with van der Waals surface area (Å²) in [7, 11) is 3.19. The smallest absolute Gasteiger partial charge is 0.249 e. The van der Waals surface area contributed by atoms with Crippen LogP contribution in [0.2, 0.25) is 0 Å². The Hall–Kier alpha value is -2.08. The fourth-order valence-corrected chi connectivity index (χ4v) is 2.54. The van der Waals surface area contributed by atoms with E-state index in [1.165, 1.54) is 18.0 Å². The van der Waals surface area contributed by atoms with Gasteiger partial charge in [0.15, 0.2) is 17.2 Å². The third-order valence-corrected chi connectivity index (χ3v) is 3.68. The minimum Gasteiger partial charge on any atom is -0.493 e. The number of nitrogens with zero attached hydrogens (tertiary/aromatic N) is 2. The molecule has 102 valence electrons. The molecule has 1 aromatic carbocycles. The number of hydrogen-bond acceptors (Lipinski definition) is 4. The molecule has 0 aliphatic rings. The molecule has 0 radical (unpaired) electrons. The molecule has 0 N–H and O–H groups in total. The van der Waals surface area contributed by atoms with Crippen LogP contribution >= 0.6 is 15.9 Å². The van der Waals surface area contributed by atoms with Gasteiger partial charge in [0, 0.05) is 12.4 Å². The van der Waals surface area contributed by atoms with Gasteiger partial charge < -0.3 is 9.15 Å². The summed E-state index contributed by atoms with van der Waals surface area (Å²) in [5.41, 5.74) is 1.01. The topological polar surface area (TPSA) is 57.3 Å². The van der Waals surface area contributed by atoms with Crippen molar-refractivity contribution >= 4 is 32.7 Å². The zero-order valence-corrected chi connectivity index (χ0v) is 12.5. The number of benzene rings is 1. The van der Waals surface area contributed by atoms with Crippen molar-refractivity contribution in [2.45, 2.75) is 0 Å². The zero-order valence-electron chi connectivity index (χ0n) is 10.9. The number of aromatic nitrogens is 2. The Kier molecular flexibility index (Phi) is 3.10. The maximum absolute atomic E-state index is 12.5. The SMILES string of the molecule is COc1cnn(C)c1C(=O)c1cc2cccc(Br)c2o1. The molecule has 0 atom stereocenters. The molecule has 0 saturated carbocycles. The molecule has 0 saturated heterocycles. The van der Waals surface area contributed by atoms with Crippen molar-refractivity contribution in [2.75, 3.05) is 7.11 Å². The molecule has 0 aliphatic heterocycles. The van der Waals surface area contributed by atoms with Crippen LogP contribution in [0.1, 0.15) is 16.2 Å². The molecule has 5 nitrogen and oxygen atoms in total. The summed E-state index contributed by atoms with van der Waals surface area (Å²) in [5, 5.41) is 4.89. The molecule has 0 aliphatic carbocycles. The Morgan fingerprint density at radius 2 is 2.25 bits per heavy atom. The van der Waals surface area contributed by atoms with Crippen molar-refractivity contribution < 1.29 is 13.9 Å². The van der Waals surface area contributed by atoms with Crippen LogP contribution in [-0.4, -0.2) is 22.7 Å². The number of rotatable bonds is 3. The lowest BCUT2D eigenvalue weighted by atomic mass is 10.2. The van der Waals surface area contributed by atoms with E-state index in [9.17, 15) is 4.79 Å². The van der Waals surface area contributed by atoms with Crippen molar-refractivity contribution in [1.82, 2.24) is 9.78 Å². The van der Waals surface area contributed by atoms with Gasteiger partial charge in [-0.25, -0.2) is 0 Å². The van der Waals surface area contributed by atoms with Gasteiger partial charge in [-0.1, -0.05) is 12.1 Å². The van der Waals surface area contributed by atoms with Crippen molar-refractivity contribution in [3.8, 4) is 5.75 Å². The van der Waals surface area contributed by atoms with Crippen molar-refractivity contribution in [1.29, 1.82) is 0 Å². The molecule has 0 unspecified atom stereocenters. The monoisotopic (exact) mass is 334 g/mol. The van der Waals surface area contributed by atoms with Gasteiger partial charge in [-0.3, -0.25) is 9.48 Å². The van der Waals surface area contributed by atoms with Crippen LogP contribution in [0.5, 0.6) is 5.75 Å². The van der Waals surface area contributed by atoms with Gasteiger partial charge in [-0.05, 0) is 28.1 Å². The lowest BCUT2D eigenvalue weighted by molar-refractivity contribution is 0.0999. The van der Waals surface area contributed by atoms with E-state index in [1.54, 1.807) is 13.1 Å². The number of aryl methyl sites for hydroxylation is 1. The van der Waals surface area contributed by atoms with Crippen LogP contribution in [-0.2, 0) is 7.05 Å². The largest absolute Gasteiger partial charge is 0.493 e. The number of fused-ring (bicyclic) bond motifs is 1. The molecule has 0 fully saturated rings. The van der Waals surface area contributed by atoms with Crippen LogP contribution in [0.25, 0.3) is 11.0 Å². The van der Waals surface area contributed by atoms with E-state index in [0.717, 1.165) is 9.86 Å². The number of para-hydroxylation sites is 1. The van der Waals surface area contributed by atoms with Gasteiger partial charge in [0.25, 0.3) is 0 Å². The second-order valence-electron chi connectivity index (χ2n) is 4.28. The number of carbonyl (C=O) groups is 1. The molecule has 0 amide bonds. The predicted molar refractivity (Wildman–Crippen MR) is 77.1 cm³/mol. The van der Waals surface area contributed by atoms with Crippen molar-refractivity contribution in [2.24, 2.45) is 7.05 Å². The second kappa shape index (κ2) is 4.79. The first-order valence-corrected chi connectivity index (χ1v) is 6.70. The third kappa shape index (κ3) is 1.92. The summed E-state index contributed by atoms with van der Waals surface area (Å²) in [6.07, 6.45) is 1.51. The molecule has 0 spiro atoms. The number of furan rings is 1. The minimum absolute atomic E-state index is 0.258. The Labute approximate surface area is 123 Å². The average molecular weight is 335 g/mol. The second-order valence-corrected chi connectivity index (χ2v) is 5.14. The molecule has 3 aromatic rings. The van der Waals surface area contributed by atoms with E-state index in [4.69, 9.17) is 9.15 Å². The number of carbonyl (C=O) groups excluding carboxylic acids is 1. The van der Waals surface area contributed by atoms with Gasteiger partial charge >= 0.3 is 0 Å². The highest BCUT2D eigenvalue weighted by molar-refractivity contribution is 9.10. The normalized spacial score (nSPS) is 10.9. The highest BCUT2D eigenvalue weighted by Gasteiger charge is 2.23. The summed E-state index contributed by atoms with van der Waals surface area (Å²) in [5.74, 6) is 0.427. The molecule has 2 aromatic heterocycles. The highest BCUT2D eigenvalue weighted by atomic mass is 79.9. The Morgan fingerprint density at radius 3 is 2.95 bits per heavy atom. The molecule has 20 heavy (non-hydrogen) atoms. The van der Waals surface area contributed by atoms with E-state index in [1.807, 2.05) is 18.2 Å². The van der Waals surface area contributed by atoms with Gasteiger partial charge in [0.1, 0.15) is 5.58 Å². The quantitative estimate of drug-likeness (QED) is 0.690. The van der Waals surface area contributed by atoms with Crippen LogP contribution < -0.4 is 4.74 Å². The Balaban J connectivity index is 2.13. The summed E-state index contributed by atoms with van der Waals surface area (Å²) < 4.78 is 13.1. The number of methoxy groups -OCH3 is 1. The fraction of sp³-hybridized carbons (Fsp3) is 0.143. The van der Waals surface area contributed by atoms with E-state index < -0.39 is 0 Å². The summed E-state index contributed by atoms with van der Waals surface area (Å²) in [4.78, 5) is 12.5. The standard InChI is InChI=1S/C14H11BrN2O3/c1-17-12(11(19-2)7-16-17)13(18)10-6-8-4-3-5-9(15)14(8)20-10/h3-7H,1-2H3. The number of ether oxygens (including phenoxy) is 1. The fourth-order valence-electron chi connectivity index (χ4n) is 2.08. The third-order valence-electron chi connectivity index (χ3n) is 3.06. The first-order chi connectivity index (χ1) is 9.61. The van der Waals surface area contributed by atoms with Gasteiger partial charge in [0.05, 0.1) is 17.8 Å². The number of halogens is 1. The first kappa shape index (κ1) is 12.9. The van der Waals surface area contributed by atoms with E-state index in [0.29, 0.717) is 17.0 Å². The maximum atomic E-state index is 12.5. The average Bonchev–Trinajstić information content (AvgIpc) is 3.02. The van der Waals surface area contributed by atoms with E-state index in [2.05, 4.69) is 21.0 Å². The summed E-state index contributed by atoms with van der Waals surface area (Å²) in [6, 6.07) is 7.36. The number of ketones is 1. The van der Waals surface area contributed by atoms with E-state index in [-0.39, 0.29) is 11.5 Å². The number of hydrogen-bond donors (Lipinski definition) is 0. The Bertz CT molecular complexity index is 804. The molecular weight excluding hydrogens is 324 g/mol. The highest BCUT2D eigenvalue weighted by Crippen LogP contribution is 2.29. The van der Waals surface area contributed by atoms with Gasteiger partial charge in [-0.15, -0.1) is 0 Å². The van der Waals surface area contributed by atoms with Crippen molar-refractivity contribution in [3.63, 3.8) is 0 Å². The summed E-state index contributed by atoms with van der Waals surface area (Å²) in [6.45, 7) is 0. The van der Waals surface area contributed by atoms with Gasteiger partial charge in [0.2, 0.25) is 5.78 Å². The molecular formula is C14H11BrN2O3. The summed E-state index contributed by atoms with van der Waals surface area (Å²) >= 11 is 3.40. The maximum Gasteiger partial charge on any atom is 0.249 e. The molecule has 2 heterocycles. The Morgan fingerprint density at radius 1 is 1.45 bits per heavy atom. The molecule has 0 bridgehead atoms. The molecule has 3 rings (SSSR count). The van der Waals surface area contributed by atoms with Crippen molar-refractivity contribution in [3.05, 3.63) is 46.4 Å². The first-order valence-electron chi connectivity index (χ1n) is 5.90. The van der Waals surface area contributed by atoms with Crippen LogP contribution in [0.3, 0.4) is 0 Å². The lowest BCUT2D eigenvalue weighted by Crippen LogP contribution is -2.08. The predicted octanol–water partition coefficient (Wildman–Crippen LogP) is 3.17. The molecule has 6 heteroatoms. The van der Waals surface area contributed by atoms with E-state index >= 15 is 0 Å².